The minimum atomic E-state index is 0.817. The second-order valence-corrected chi connectivity index (χ2v) is 6.78. The highest BCUT2D eigenvalue weighted by Gasteiger charge is 2.07. The summed E-state index contributed by atoms with van der Waals surface area (Å²) in [6.45, 7) is 0. The van der Waals surface area contributed by atoms with Crippen LogP contribution in [-0.2, 0) is 0 Å². The molecule has 25 heavy (non-hydrogen) atoms. The summed E-state index contributed by atoms with van der Waals surface area (Å²) in [7, 11) is 0. The lowest BCUT2D eigenvalue weighted by molar-refractivity contribution is 1.22. The van der Waals surface area contributed by atoms with Gasteiger partial charge in [-0.3, -0.25) is 0 Å². The summed E-state index contributed by atoms with van der Waals surface area (Å²) < 4.78 is 0. The number of anilines is 2. The summed E-state index contributed by atoms with van der Waals surface area (Å²) in [5, 5.41) is 7.69. The normalized spacial score (nSPS) is 11.2. The number of nitrogens with one attached hydrogen (secondary N) is 2. The number of aromatic amines is 1. The van der Waals surface area contributed by atoms with Crippen molar-refractivity contribution >= 4 is 44.6 Å². The number of H-pyrrole nitrogens is 1. The van der Waals surface area contributed by atoms with Gasteiger partial charge in [0.1, 0.15) is 12.1 Å². The van der Waals surface area contributed by atoms with Crippen LogP contribution in [0.3, 0.4) is 0 Å². The molecule has 0 unspecified atom stereocenters. The maximum atomic E-state index is 4.44. The van der Waals surface area contributed by atoms with E-state index in [2.05, 4.69) is 74.2 Å². The van der Waals surface area contributed by atoms with Crippen molar-refractivity contribution in [2.24, 2.45) is 0 Å². The van der Waals surface area contributed by atoms with E-state index in [9.17, 15) is 0 Å². The highest BCUT2D eigenvalue weighted by molar-refractivity contribution is 7.13. The van der Waals surface area contributed by atoms with Crippen LogP contribution >= 0.6 is 11.3 Å². The van der Waals surface area contributed by atoms with Crippen LogP contribution in [0.2, 0.25) is 0 Å². The van der Waals surface area contributed by atoms with Crippen molar-refractivity contribution in [1.82, 2.24) is 15.0 Å². The lowest BCUT2D eigenvalue weighted by Crippen LogP contribution is -1.96. The SMILES string of the molecule is c1csc(-c2ccc3c(Nc4ccc5[nH]ccc5c4)ncnc3c2)c1. The van der Waals surface area contributed by atoms with E-state index in [0.717, 1.165) is 27.9 Å². The van der Waals surface area contributed by atoms with Gasteiger partial charge in [0.15, 0.2) is 0 Å². The molecule has 4 nitrogen and oxygen atoms in total. The minimum Gasteiger partial charge on any atom is -0.361 e. The first-order chi connectivity index (χ1) is 12.4. The van der Waals surface area contributed by atoms with Crippen molar-refractivity contribution in [2.45, 2.75) is 0 Å². The molecule has 0 spiro atoms. The Balaban J connectivity index is 1.56. The van der Waals surface area contributed by atoms with Crippen LogP contribution in [-0.4, -0.2) is 15.0 Å². The number of rotatable bonds is 3. The predicted octanol–water partition coefficient (Wildman–Crippen LogP) is 5.58. The standard InChI is InChI=1S/C20H14N4S/c1-2-19(25-9-1)14-3-5-16-18(11-14)22-12-23-20(16)24-15-4-6-17-13(10-15)7-8-21-17/h1-12,21H,(H,22,23,24). The van der Waals surface area contributed by atoms with Crippen LogP contribution in [0, 0.1) is 0 Å². The molecule has 0 aliphatic rings. The highest BCUT2D eigenvalue weighted by atomic mass is 32.1. The average molecular weight is 342 g/mol. The largest absolute Gasteiger partial charge is 0.361 e. The molecular formula is C20H14N4S. The highest BCUT2D eigenvalue weighted by Crippen LogP contribution is 2.30. The van der Waals surface area contributed by atoms with Crippen molar-refractivity contribution in [3.05, 3.63) is 72.5 Å². The third kappa shape index (κ3) is 2.55. The van der Waals surface area contributed by atoms with Crippen LogP contribution < -0.4 is 5.32 Å². The molecule has 0 saturated carbocycles. The van der Waals surface area contributed by atoms with Crippen LogP contribution in [0.1, 0.15) is 0 Å². The Hall–Kier alpha value is -3.18. The Morgan fingerprint density at radius 2 is 1.96 bits per heavy atom. The van der Waals surface area contributed by atoms with Crippen molar-refractivity contribution in [3.8, 4) is 10.4 Å². The predicted molar refractivity (Wildman–Crippen MR) is 104 cm³/mol. The van der Waals surface area contributed by atoms with Gasteiger partial charge in [0.05, 0.1) is 5.52 Å². The molecule has 3 aromatic heterocycles. The summed E-state index contributed by atoms with van der Waals surface area (Å²) in [4.78, 5) is 13.3. The van der Waals surface area contributed by atoms with E-state index < -0.39 is 0 Å². The van der Waals surface area contributed by atoms with Crippen molar-refractivity contribution in [1.29, 1.82) is 0 Å². The molecule has 0 atom stereocenters. The lowest BCUT2D eigenvalue weighted by atomic mass is 10.1. The van der Waals surface area contributed by atoms with Gasteiger partial charge in [-0.1, -0.05) is 12.1 Å². The summed E-state index contributed by atoms with van der Waals surface area (Å²) in [6, 6.07) is 18.8. The average Bonchev–Trinajstić information content (AvgIpc) is 3.33. The fourth-order valence-electron chi connectivity index (χ4n) is 3.02. The monoisotopic (exact) mass is 342 g/mol. The third-order valence-electron chi connectivity index (χ3n) is 4.26. The number of hydrogen-bond donors (Lipinski definition) is 2. The topological polar surface area (TPSA) is 53.6 Å². The molecule has 0 aliphatic heterocycles. The van der Waals surface area contributed by atoms with Crippen molar-refractivity contribution in [3.63, 3.8) is 0 Å². The molecule has 5 aromatic rings. The molecule has 5 rings (SSSR count). The van der Waals surface area contributed by atoms with Gasteiger partial charge in [-0.05, 0) is 53.4 Å². The van der Waals surface area contributed by atoms with E-state index in [1.54, 1.807) is 17.7 Å². The van der Waals surface area contributed by atoms with Crippen LogP contribution in [0.4, 0.5) is 11.5 Å². The Bertz CT molecular complexity index is 1170. The second-order valence-electron chi connectivity index (χ2n) is 5.84. The number of nitrogens with zero attached hydrogens (tertiary/aromatic N) is 2. The maximum Gasteiger partial charge on any atom is 0.141 e. The molecule has 2 N–H and O–H groups in total. The first-order valence-electron chi connectivity index (χ1n) is 8.00. The first kappa shape index (κ1) is 14.2. The van der Waals surface area contributed by atoms with E-state index in [0.29, 0.717) is 0 Å². The Labute approximate surface area is 148 Å². The number of aromatic nitrogens is 3. The van der Waals surface area contributed by atoms with Crippen LogP contribution in [0.25, 0.3) is 32.2 Å². The molecular weight excluding hydrogens is 328 g/mol. The van der Waals surface area contributed by atoms with E-state index in [1.165, 1.54) is 15.8 Å². The Morgan fingerprint density at radius 3 is 2.88 bits per heavy atom. The Morgan fingerprint density at radius 1 is 0.960 bits per heavy atom. The number of thiophene rings is 1. The molecule has 5 heteroatoms. The summed E-state index contributed by atoms with van der Waals surface area (Å²) in [6.07, 6.45) is 3.55. The van der Waals surface area contributed by atoms with Gasteiger partial charge in [0.25, 0.3) is 0 Å². The summed E-state index contributed by atoms with van der Waals surface area (Å²) in [5.74, 6) is 0.817. The smallest absolute Gasteiger partial charge is 0.141 e. The molecule has 0 fully saturated rings. The molecule has 0 bridgehead atoms. The fraction of sp³-hybridized carbons (Fsp3) is 0. The summed E-state index contributed by atoms with van der Waals surface area (Å²) in [5.41, 5.74) is 4.25. The van der Waals surface area contributed by atoms with Crippen molar-refractivity contribution < 1.29 is 0 Å². The quantitative estimate of drug-likeness (QED) is 0.450. The number of fused-ring (bicyclic) bond motifs is 2. The van der Waals surface area contributed by atoms with Gasteiger partial charge in [-0.25, -0.2) is 9.97 Å². The van der Waals surface area contributed by atoms with Gasteiger partial charge in [0, 0.05) is 33.1 Å². The summed E-state index contributed by atoms with van der Waals surface area (Å²) >= 11 is 1.73. The van der Waals surface area contributed by atoms with Gasteiger partial charge in [-0.15, -0.1) is 11.3 Å². The van der Waals surface area contributed by atoms with Crippen LogP contribution in [0.5, 0.6) is 0 Å². The zero-order valence-corrected chi connectivity index (χ0v) is 14.0. The number of benzene rings is 2. The van der Waals surface area contributed by atoms with Crippen LogP contribution in [0.15, 0.2) is 72.5 Å². The molecule has 0 saturated heterocycles. The first-order valence-corrected chi connectivity index (χ1v) is 8.88. The van der Waals surface area contributed by atoms with Gasteiger partial charge in [0.2, 0.25) is 0 Å². The van der Waals surface area contributed by atoms with E-state index in [1.807, 2.05) is 12.3 Å². The number of hydrogen-bond acceptors (Lipinski definition) is 4. The van der Waals surface area contributed by atoms with E-state index in [-0.39, 0.29) is 0 Å². The van der Waals surface area contributed by atoms with Crippen molar-refractivity contribution in [2.75, 3.05) is 5.32 Å². The minimum absolute atomic E-state index is 0.817. The second kappa shape index (κ2) is 5.72. The molecule has 3 heterocycles. The molecule has 0 amide bonds. The zero-order chi connectivity index (χ0) is 16.6. The van der Waals surface area contributed by atoms with E-state index >= 15 is 0 Å². The zero-order valence-electron chi connectivity index (χ0n) is 13.2. The molecule has 120 valence electrons. The molecule has 2 aromatic carbocycles. The lowest BCUT2D eigenvalue weighted by Gasteiger charge is -2.09. The third-order valence-corrected chi connectivity index (χ3v) is 5.18. The fourth-order valence-corrected chi connectivity index (χ4v) is 3.74. The van der Waals surface area contributed by atoms with Gasteiger partial charge in [-0.2, -0.15) is 0 Å². The van der Waals surface area contributed by atoms with Gasteiger partial charge < -0.3 is 10.3 Å². The molecule has 0 radical (unpaired) electrons. The maximum absolute atomic E-state index is 4.44. The Kier molecular flexibility index (Phi) is 3.24. The van der Waals surface area contributed by atoms with Gasteiger partial charge >= 0.3 is 0 Å². The van der Waals surface area contributed by atoms with E-state index in [4.69, 9.17) is 0 Å². The molecule has 0 aliphatic carbocycles.